The summed E-state index contributed by atoms with van der Waals surface area (Å²) >= 11 is 0. The highest BCUT2D eigenvalue weighted by Crippen LogP contribution is 2.31. The van der Waals surface area contributed by atoms with Crippen LogP contribution < -0.4 is 0 Å². The summed E-state index contributed by atoms with van der Waals surface area (Å²) < 4.78 is 11.9. The number of aromatic nitrogens is 1. The average molecular weight is 378 g/mol. The van der Waals surface area contributed by atoms with Gasteiger partial charge in [-0.2, -0.15) is 0 Å². The van der Waals surface area contributed by atoms with Crippen LogP contribution in [0, 0.1) is 20.8 Å². The van der Waals surface area contributed by atoms with Crippen molar-refractivity contribution in [2.45, 2.75) is 46.3 Å². The van der Waals surface area contributed by atoms with Gasteiger partial charge in [0.1, 0.15) is 5.58 Å². The number of hydrogen-bond acceptors (Lipinski definition) is 4. The number of benzene rings is 1. The van der Waals surface area contributed by atoms with E-state index < -0.39 is 0 Å². The molecule has 0 unspecified atom stereocenters. The summed E-state index contributed by atoms with van der Waals surface area (Å²) in [5.74, 6) is 0.341. The highest BCUT2D eigenvalue weighted by atomic mass is 16.5. The monoisotopic (exact) mass is 378 g/mol. The molecule has 28 heavy (non-hydrogen) atoms. The van der Waals surface area contributed by atoms with Gasteiger partial charge in [-0.05, 0) is 62.4 Å². The van der Waals surface area contributed by atoms with Gasteiger partial charge in [-0.3, -0.25) is 9.78 Å². The fraction of sp³-hybridized carbons (Fsp3) is 0.391. The van der Waals surface area contributed by atoms with E-state index in [4.69, 9.17) is 9.15 Å². The molecule has 4 rings (SSSR count). The van der Waals surface area contributed by atoms with Gasteiger partial charge in [-0.15, -0.1) is 0 Å². The molecular weight excluding hydrogens is 352 g/mol. The van der Waals surface area contributed by atoms with Crippen molar-refractivity contribution in [3.8, 4) is 0 Å². The first kappa shape index (κ1) is 18.7. The van der Waals surface area contributed by atoms with Gasteiger partial charge in [0.15, 0.2) is 5.76 Å². The Balaban J connectivity index is 1.69. The molecule has 146 valence electrons. The van der Waals surface area contributed by atoms with E-state index in [9.17, 15) is 4.79 Å². The van der Waals surface area contributed by atoms with Crippen molar-refractivity contribution in [3.63, 3.8) is 0 Å². The summed E-state index contributed by atoms with van der Waals surface area (Å²) in [4.78, 5) is 19.4. The van der Waals surface area contributed by atoms with E-state index in [1.807, 2.05) is 36.9 Å². The van der Waals surface area contributed by atoms with Gasteiger partial charge in [0.25, 0.3) is 5.91 Å². The van der Waals surface area contributed by atoms with E-state index in [0.29, 0.717) is 18.8 Å². The summed E-state index contributed by atoms with van der Waals surface area (Å²) in [7, 11) is 0. The van der Waals surface area contributed by atoms with E-state index in [1.165, 1.54) is 0 Å². The maximum absolute atomic E-state index is 13.5. The standard InChI is InChI=1S/C23H26N2O3/c1-15-6-7-20-17(3)22(28-21(20)16(15)2)23(26)25(14-19-5-4-12-27-19)13-18-8-10-24-11-9-18/h6-11,19H,4-5,12-14H2,1-3H3/t19-/m1/s1. The zero-order chi connectivity index (χ0) is 19.7. The van der Waals surface area contributed by atoms with Crippen LogP contribution in [0.15, 0.2) is 41.1 Å². The summed E-state index contributed by atoms with van der Waals surface area (Å²) in [5.41, 5.74) is 4.99. The molecule has 0 N–H and O–H groups in total. The molecule has 0 saturated carbocycles. The number of hydrogen-bond donors (Lipinski definition) is 0. The number of rotatable bonds is 5. The van der Waals surface area contributed by atoms with E-state index in [0.717, 1.165) is 52.7 Å². The molecule has 3 aromatic rings. The van der Waals surface area contributed by atoms with Crippen molar-refractivity contribution in [2.75, 3.05) is 13.2 Å². The molecule has 5 heteroatoms. The van der Waals surface area contributed by atoms with Crippen molar-refractivity contribution in [3.05, 3.63) is 64.7 Å². The largest absolute Gasteiger partial charge is 0.450 e. The van der Waals surface area contributed by atoms with Crippen LogP contribution >= 0.6 is 0 Å². The smallest absolute Gasteiger partial charge is 0.290 e. The first-order chi connectivity index (χ1) is 13.5. The van der Waals surface area contributed by atoms with E-state index in [2.05, 4.69) is 18.0 Å². The predicted molar refractivity (Wildman–Crippen MR) is 108 cm³/mol. The second-order valence-electron chi connectivity index (χ2n) is 7.62. The molecule has 0 radical (unpaired) electrons. The number of carbonyl (C=O) groups is 1. The van der Waals surface area contributed by atoms with Crippen LogP contribution in [0.25, 0.3) is 11.0 Å². The van der Waals surface area contributed by atoms with E-state index >= 15 is 0 Å². The molecule has 2 aromatic heterocycles. The van der Waals surface area contributed by atoms with E-state index in [1.54, 1.807) is 12.4 Å². The van der Waals surface area contributed by atoms with Gasteiger partial charge in [0, 0.05) is 43.0 Å². The zero-order valence-electron chi connectivity index (χ0n) is 16.7. The van der Waals surface area contributed by atoms with Crippen LogP contribution in [-0.2, 0) is 11.3 Å². The number of furan rings is 1. The number of amides is 1. The number of fused-ring (bicyclic) bond motifs is 1. The van der Waals surface area contributed by atoms with Crippen molar-refractivity contribution in [1.29, 1.82) is 0 Å². The molecule has 1 fully saturated rings. The zero-order valence-corrected chi connectivity index (χ0v) is 16.7. The third-order valence-corrected chi connectivity index (χ3v) is 5.68. The average Bonchev–Trinajstić information content (AvgIpc) is 3.33. The third-order valence-electron chi connectivity index (χ3n) is 5.68. The second kappa shape index (κ2) is 7.76. The van der Waals surface area contributed by atoms with Gasteiger partial charge < -0.3 is 14.1 Å². The normalized spacial score (nSPS) is 16.6. The summed E-state index contributed by atoms with van der Waals surface area (Å²) in [6, 6.07) is 8.00. The summed E-state index contributed by atoms with van der Waals surface area (Å²) in [6.07, 6.45) is 5.62. The fourth-order valence-electron chi connectivity index (χ4n) is 3.83. The minimum Gasteiger partial charge on any atom is -0.450 e. The van der Waals surface area contributed by atoms with Crippen LogP contribution in [-0.4, -0.2) is 35.0 Å². The molecule has 0 bridgehead atoms. The Bertz CT molecular complexity index is 988. The van der Waals surface area contributed by atoms with Crippen molar-refractivity contribution >= 4 is 16.9 Å². The second-order valence-corrected chi connectivity index (χ2v) is 7.62. The number of ether oxygens (including phenoxy) is 1. The summed E-state index contributed by atoms with van der Waals surface area (Å²) in [6.45, 7) is 7.90. The fourth-order valence-corrected chi connectivity index (χ4v) is 3.83. The molecule has 1 aliphatic rings. The van der Waals surface area contributed by atoms with Gasteiger partial charge in [-0.25, -0.2) is 0 Å². The van der Waals surface area contributed by atoms with Crippen LogP contribution in [0.3, 0.4) is 0 Å². The Hall–Kier alpha value is -2.66. The Morgan fingerprint density at radius 3 is 2.64 bits per heavy atom. The van der Waals surface area contributed by atoms with Crippen molar-refractivity contribution in [1.82, 2.24) is 9.88 Å². The predicted octanol–water partition coefficient (Wildman–Crippen LogP) is 4.57. The molecule has 1 aliphatic heterocycles. The Labute approximate surface area is 165 Å². The Kier molecular flexibility index (Phi) is 5.18. The SMILES string of the molecule is Cc1ccc2c(C)c(C(=O)N(Cc3ccncc3)C[C@H]3CCCO3)oc2c1C. The molecule has 0 spiro atoms. The maximum Gasteiger partial charge on any atom is 0.290 e. The van der Waals surface area contributed by atoms with Gasteiger partial charge >= 0.3 is 0 Å². The van der Waals surface area contributed by atoms with E-state index in [-0.39, 0.29) is 12.0 Å². The molecule has 1 aromatic carbocycles. The van der Waals surface area contributed by atoms with Gasteiger partial charge in [0.2, 0.25) is 0 Å². The molecule has 1 atom stereocenters. The third kappa shape index (κ3) is 3.54. The molecule has 1 saturated heterocycles. The number of pyridine rings is 1. The lowest BCUT2D eigenvalue weighted by Crippen LogP contribution is -2.37. The summed E-state index contributed by atoms with van der Waals surface area (Å²) in [5, 5.41) is 1.01. The van der Waals surface area contributed by atoms with Crippen LogP contribution in [0.5, 0.6) is 0 Å². The number of carbonyl (C=O) groups excluding carboxylic acids is 1. The van der Waals surface area contributed by atoms with Crippen LogP contribution in [0.2, 0.25) is 0 Å². The van der Waals surface area contributed by atoms with Crippen molar-refractivity contribution in [2.24, 2.45) is 0 Å². The Morgan fingerprint density at radius 1 is 1.14 bits per heavy atom. The minimum absolute atomic E-state index is 0.0828. The highest BCUT2D eigenvalue weighted by molar-refractivity contribution is 5.99. The minimum atomic E-state index is -0.0851. The maximum atomic E-state index is 13.5. The highest BCUT2D eigenvalue weighted by Gasteiger charge is 2.28. The molecule has 3 heterocycles. The molecule has 0 aliphatic carbocycles. The first-order valence-corrected chi connectivity index (χ1v) is 9.83. The number of aryl methyl sites for hydroxylation is 3. The molecule has 1 amide bonds. The molecular formula is C23H26N2O3. The topological polar surface area (TPSA) is 55.6 Å². The number of nitrogens with zero attached hydrogens (tertiary/aromatic N) is 2. The van der Waals surface area contributed by atoms with Gasteiger partial charge in [0.05, 0.1) is 6.10 Å². The Morgan fingerprint density at radius 2 is 1.93 bits per heavy atom. The van der Waals surface area contributed by atoms with Gasteiger partial charge in [-0.1, -0.05) is 12.1 Å². The lowest BCUT2D eigenvalue weighted by molar-refractivity contribution is 0.0485. The lowest BCUT2D eigenvalue weighted by Gasteiger charge is -2.25. The quantitative estimate of drug-likeness (QED) is 0.652. The first-order valence-electron chi connectivity index (χ1n) is 9.83. The molecule has 5 nitrogen and oxygen atoms in total. The lowest BCUT2D eigenvalue weighted by atomic mass is 10.0. The van der Waals surface area contributed by atoms with Crippen molar-refractivity contribution < 1.29 is 13.9 Å². The van der Waals surface area contributed by atoms with Crippen LogP contribution in [0.4, 0.5) is 0 Å². The van der Waals surface area contributed by atoms with Crippen LogP contribution in [0.1, 0.15) is 45.7 Å².